The molecule has 25 heavy (non-hydrogen) atoms. The SMILES string of the molecule is CN(C)C(=O)CN1CCCC(c2cnc(Nc3cnccn3)cn2)C1. The number of hydrogen-bond acceptors (Lipinski definition) is 7. The molecule has 1 N–H and O–H groups in total. The van der Waals surface area contributed by atoms with E-state index in [1.807, 2.05) is 0 Å². The first-order valence-electron chi connectivity index (χ1n) is 8.39. The van der Waals surface area contributed by atoms with Crippen LogP contribution in [-0.4, -0.2) is 69.4 Å². The Morgan fingerprint density at radius 1 is 1.20 bits per heavy atom. The van der Waals surface area contributed by atoms with Gasteiger partial charge in [0.25, 0.3) is 0 Å². The molecule has 2 aromatic rings. The fourth-order valence-electron chi connectivity index (χ4n) is 2.88. The molecule has 3 heterocycles. The fourth-order valence-corrected chi connectivity index (χ4v) is 2.88. The molecule has 3 rings (SSSR count). The summed E-state index contributed by atoms with van der Waals surface area (Å²) in [5, 5.41) is 3.07. The van der Waals surface area contributed by atoms with Crippen LogP contribution in [0.15, 0.2) is 31.0 Å². The van der Waals surface area contributed by atoms with Crippen LogP contribution in [0.1, 0.15) is 24.5 Å². The van der Waals surface area contributed by atoms with Crippen molar-refractivity contribution >= 4 is 17.5 Å². The lowest BCUT2D eigenvalue weighted by molar-refractivity contribution is -0.130. The van der Waals surface area contributed by atoms with Crippen molar-refractivity contribution in [2.75, 3.05) is 39.0 Å². The number of nitrogens with zero attached hydrogens (tertiary/aromatic N) is 6. The van der Waals surface area contributed by atoms with Crippen LogP contribution in [0.2, 0.25) is 0 Å². The molecule has 0 aromatic carbocycles. The van der Waals surface area contributed by atoms with E-state index in [0.29, 0.717) is 24.1 Å². The first kappa shape index (κ1) is 17.2. The van der Waals surface area contributed by atoms with E-state index in [0.717, 1.165) is 31.6 Å². The number of rotatable bonds is 5. The molecule has 0 saturated carbocycles. The van der Waals surface area contributed by atoms with Crippen LogP contribution in [0.25, 0.3) is 0 Å². The van der Waals surface area contributed by atoms with E-state index < -0.39 is 0 Å². The summed E-state index contributed by atoms with van der Waals surface area (Å²) in [5.41, 5.74) is 0.965. The molecule has 1 unspecified atom stereocenters. The number of nitrogens with one attached hydrogen (secondary N) is 1. The average molecular weight is 341 g/mol. The van der Waals surface area contributed by atoms with Crippen molar-refractivity contribution in [2.24, 2.45) is 0 Å². The van der Waals surface area contributed by atoms with E-state index in [4.69, 9.17) is 0 Å². The predicted molar refractivity (Wildman–Crippen MR) is 94.5 cm³/mol. The fraction of sp³-hybridized carbons (Fsp3) is 0.471. The molecular formula is C17H23N7O. The number of amides is 1. The third kappa shape index (κ3) is 4.69. The molecule has 1 aliphatic rings. The lowest BCUT2D eigenvalue weighted by Gasteiger charge is -2.32. The van der Waals surface area contributed by atoms with Crippen molar-refractivity contribution in [1.29, 1.82) is 0 Å². The zero-order valence-electron chi connectivity index (χ0n) is 14.6. The summed E-state index contributed by atoms with van der Waals surface area (Å²) < 4.78 is 0. The third-order valence-corrected chi connectivity index (χ3v) is 4.27. The number of anilines is 2. The van der Waals surface area contributed by atoms with Crippen LogP contribution < -0.4 is 5.32 Å². The van der Waals surface area contributed by atoms with E-state index in [2.05, 4.69) is 30.2 Å². The Kier molecular flexibility index (Phi) is 5.49. The molecule has 2 aromatic heterocycles. The molecule has 1 saturated heterocycles. The summed E-state index contributed by atoms with van der Waals surface area (Å²) >= 11 is 0. The smallest absolute Gasteiger partial charge is 0.236 e. The second-order valence-electron chi connectivity index (χ2n) is 6.40. The number of piperidine rings is 1. The van der Waals surface area contributed by atoms with Gasteiger partial charge >= 0.3 is 0 Å². The van der Waals surface area contributed by atoms with Crippen molar-refractivity contribution < 1.29 is 4.79 Å². The largest absolute Gasteiger partial charge is 0.348 e. The normalized spacial score (nSPS) is 17.9. The molecule has 0 aliphatic carbocycles. The minimum absolute atomic E-state index is 0.134. The topological polar surface area (TPSA) is 87.1 Å². The van der Waals surface area contributed by atoms with E-state index in [1.54, 1.807) is 50.0 Å². The second kappa shape index (κ2) is 7.98. The molecule has 1 fully saturated rings. The van der Waals surface area contributed by atoms with Crippen molar-refractivity contribution in [1.82, 2.24) is 29.7 Å². The van der Waals surface area contributed by atoms with Crippen LogP contribution in [0.4, 0.5) is 11.6 Å². The lowest BCUT2D eigenvalue weighted by Crippen LogP contribution is -2.41. The van der Waals surface area contributed by atoms with Crippen molar-refractivity contribution in [2.45, 2.75) is 18.8 Å². The highest BCUT2D eigenvalue weighted by Gasteiger charge is 2.24. The molecule has 132 valence electrons. The number of carbonyl (C=O) groups excluding carboxylic acids is 1. The monoisotopic (exact) mass is 341 g/mol. The van der Waals surface area contributed by atoms with Crippen molar-refractivity contribution in [3.63, 3.8) is 0 Å². The Labute approximate surface area is 147 Å². The second-order valence-corrected chi connectivity index (χ2v) is 6.40. The Balaban J connectivity index is 1.60. The van der Waals surface area contributed by atoms with E-state index in [1.165, 1.54) is 0 Å². The molecule has 1 atom stereocenters. The summed E-state index contributed by atoms with van der Waals surface area (Å²) in [6.07, 6.45) is 10.5. The number of likely N-dealkylation sites (tertiary alicyclic amines) is 1. The maximum Gasteiger partial charge on any atom is 0.236 e. The van der Waals surface area contributed by atoms with E-state index in [9.17, 15) is 4.79 Å². The van der Waals surface area contributed by atoms with Crippen LogP contribution >= 0.6 is 0 Å². The van der Waals surface area contributed by atoms with Gasteiger partial charge in [0, 0.05) is 39.0 Å². The van der Waals surface area contributed by atoms with Gasteiger partial charge in [0.2, 0.25) is 5.91 Å². The Morgan fingerprint density at radius 2 is 2.04 bits per heavy atom. The molecule has 1 amide bonds. The number of aromatic nitrogens is 4. The Hall–Kier alpha value is -2.61. The van der Waals surface area contributed by atoms with Gasteiger partial charge in [0.1, 0.15) is 11.6 Å². The molecule has 0 spiro atoms. The highest BCUT2D eigenvalue weighted by atomic mass is 16.2. The summed E-state index contributed by atoms with van der Waals surface area (Å²) in [6, 6.07) is 0. The quantitative estimate of drug-likeness (QED) is 0.876. The minimum atomic E-state index is 0.134. The Bertz CT molecular complexity index is 690. The number of carbonyl (C=O) groups is 1. The molecule has 8 nitrogen and oxygen atoms in total. The third-order valence-electron chi connectivity index (χ3n) is 4.27. The average Bonchev–Trinajstić information content (AvgIpc) is 2.63. The van der Waals surface area contributed by atoms with Gasteiger partial charge in [-0.3, -0.25) is 19.7 Å². The van der Waals surface area contributed by atoms with Gasteiger partial charge in [0.15, 0.2) is 0 Å². The van der Waals surface area contributed by atoms with Crippen LogP contribution in [-0.2, 0) is 4.79 Å². The van der Waals surface area contributed by atoms with Crippen LogP contribution in [0.3, 0.4) is 0 Å². The van der Waals surface area contributed by atoms with Gasteiger partial charge in [0.05, 0.1) is 30.8 Å². The van der Waals surface area contributed by atoms with Gasteiger partial charge in [-0.2, -0.15) is 0 Å². The predicted octanol–water partition coefficient (Wildman–Crippen LogP) is 1.28. The van der Waals surface area contributed by atoms with Crippen LogP contribution in [0, 0.1) is 0 Å². The van der Waals surface area contributed by atoms with Gasteiger partial charge in [-0.25, -0.2) is 9.97 Å². The van der Waals surface area contributed by atoms with Crippen molar-refractivity contribution in [3.05, 3.63) is 36.7 Å². The summed E-state index contributed by atoms with van der Waals surface area (Å²) in [4.78, 5) is 32.9. The van der Waals surface area contributed by atoms with Gasteiger partial charge in [-0.05, 0) is 19.4 Å². The minimum Gasteiger partial charge on any atom is -0.348 e. The zero-order valence-corrected chi connectivity index (χ0v) is 14.6. The van der Waals surface area contributed by atoms with Gasteiger partial charge in [-0.1, -0.05) is 0 Å². The maximum absolute atomic E-state index is 11.9. The number of likely N-dealkylation sites (N-methyl/N-ethyl adjacent to an activating group) is 1. The van der Waals surface area contributed by atoms with Gasteiger partial charge < -0.3 is 10.2 Å². The van der Waals surface area contributed by atoms with Crippen molar-refractivity contribution in [3.8, 4) is 0 Å². The van der Waals surface area contributed by atoms with E-state index >= 15 is 0 Å². The van der Waals surface area contributed by atoms with Crippen LogP contribution in [0.5, 0.6) is 0 Å². The first-order valence-corrected chi connectivity index (χ1v) is 8.39. The summed E-state index contributed by atoms with van der Waals surface area (Å²) in [5.74, 6) is 1.72. The highest BCUT2D eigenvalue weighted by Crippen LogP contribution is 2.25. The molecular weight excluding hydrogens is 318 g/mol. The standard InChI is InChI=1S/C17H23N7O/c1-23(2)17(25)12-24-7-3-4-13(11-24)14-8-21-16(10-20-14)22-15-9-18-5-6-19-15/h5-6,8-10,13H,3-4,7,11-12H2,1-2H3,(H,19,21,22). The maximum atomic E-state index is 11.9. The summed E-state index contributed by atoms with van der Waals surface area (Å²) in [6.45, 7) is 2.25. The molecule has 0 bridgehead atoms. The van der Waals surface area contributed by atoms with Gasteiger partial charge in [-0.15, -0.1) is 0 Å². The number of hydrogen-bond donors (Lipinski definition) is 1. The Morgan fingerprint density at radius 3 is 2.72 bits per heavy atom. The lowest BCUT2D eigenvalue weighted by atomic mass is 9.95. The zero-order chi connectivity index (χ0) is 17.6. The molecule has 8 heteroatoms. The highest BCUT2D eigenvalue weighted by molar-refractivity contribution is 5.77. The summed E-state index contributed by atoms with van der Waals surface area (Å²) in [7, 11) is 3.58. The molecule has 1 aliphatic heterocycles. The van der Waals surface area contributed by atoms with E-state index in [-0.39, 0.29) is 5.91 Å². The first-order chi connectivity index (χ1) is 12.1. The molecule has 0 radical (unpaired) electrons.